The summed E-state index contributed by atoms with van der Waals surface area (Å²) >= 11 is 0. The molecule has 1 heteroatoms. The lowest BCUT2D eigenvalue weighted by atomic mass is 9.98. The Labute approximate surface area is 116 Å². The molecular weight excluding hydrogens is 230 g/mol. The van der Waals surface area contributed by atoms with Gasteiger partial charge in [-0.1, -0.05) is 43.3 Å². The standard InChI is InChI=1S/C18H21N/c1-3-5-6-11-18(19-4-2)17-13-12-15-9-7-8-10-16(15)14-17/h1,7-10,12-14,18-19H,4-6,11H2,2H3. The number of terminal acetylenes is 1. The maximum atomic E-state index is 5.33. The highest BCUT2D eigenvalue weighted by Gasteiger charge is 2.10. The molecule has 0 aliphatic heterocycles. The van der Waals surface area contributed by atoms with Gasteiger partial charge in [0.2, 0.25) is 0 Å². The van der Waals surface area contributed by atoms with Crippen molar-refractivity contribution in [2.75, 3.05) is 6.54 Å². The molecule has 2 rings (SSSR count). The molecule has 0 saturated heterocycles. The molecule has 0 radical (unpaired) electrons. The zero-order valence-corrected chi connectivity index (χ0v) is 11.5. The van der Waals surface area contributed by atoms with Gasteiger partial charge in [-0.3, -0.25) is 0 Å². The first-order valence-electron chi connectivity index (χ1n) is 7.00. The zero-order chi connectivity index (χ0) is 13.5. The molecule has 19 heavy (non-hydrogen) atoms. The normalized spacial score (nSPS) is 12.2. The molecule has 0 bridgehead atoms. The Morgan fingerprint density at radius 2 is 1.95 bits per heavy atom. The summed E-state index contributed by atoms with van der Waals surface area (Å²) in [5.74, 6) is 2.72. The summed E-state index contributed by atoms with van der Waals surface area (Å²) in [6, 6.07) is 15.6. The SMILES string of the molecule is C#CCCCC(NCC)c1ccc2ccccc2c1. The van der Waals surface area contributed by atoms with E-state index in [4.69, 9.17) is 6.42 Å². The molecule has 0 amide bonds. The van der Waals surface area contributed by atoms with E-state index < -0.39 is 0 Å². The molecule has 98 valence electrons. The van der Waals surface area contributed by atoms with Gasteiger partial charge in [-0.25, -0.2) is 0 Å². The lowest BCUT2D eigenvalue weighted by Gasteiger charge is -2.18. The van der Waals surface area contributed by atoms with Gasteiger partial charge in [-0.2, -0.15) is 0 Å². The molecule has 0 aliphatic rings. The monoisotopic (exact) mass is 251 g/mol. The minimum absolute atomic E-state index is 0.406. The van der Waals surface area contributed by atoms with Gasteiger partial charge in [0.05, 0.1) is 0 Å². The molecule has 0 aromatic heterocycles. The van der Waals surface area contributed by atoms with Crippen molar-refractivity contribution in [1.82, 2.24) is 5.32 Å². The van der Waals surface area contributed by atoms with Crippen LogP contribution in [0, 0.1) is 12.3 Å². The maximum absolute atomic E-state index is 5.33. The van der Waals surface area contributed by atoms with E-state index in [0.29, 0.717) is 6.04 Å². The molecular formula is C18H21N. The second-order valence-electron chi connectivity index (χ2n) is 4.81. The molecule has 0 saturated carbocycles. The van der Waals surface area contributed by atoms with Crippen LogP contribution >= 0.6 is 0 Å². The number of fused-ring (bicyclic) bond motifs is 1. The van der Waals surface area contributed by atoms with Gasteiger partial charge in [0.1, 0.15) is 0 Å². The third kappa shape index (κ3) is 3.59. The summed E-state index contributed by atoms with van der Waals surface area (Å²) in [6.45, 7) is 3.13. The van der Waals surface area contributed by atoms with Gasteiger partial charge in [0.15, 0.2) is 0 Å². The summed E-state index contributed by atoms with van der Waals surface area (Å²) in [5.41, 5.74) is 1.36. The lowest BCUT2D eigenvalue weighted by Crippen LogP contribution is -2.20. The molecule has 0 heterocycles. The zero-order valence-electron chi connectivity index (χ0n) is 11.5. The van der Waals surface area contributed by atoms with Gasteiger partial charge in [0, 0.05) is 12.5 Å². The van der Waals surface area contributed by atoms with E-state index in [9.17, 15) is 0 Å². The van der Waals surface area contributed by atoms with Crippen molar-refractivity contribution in [2.45, 2.75) is 32.2 Å². The summed E-state index contributed by atoms with van der Waals surface area (Å²) in [7, 11) is 0. The van der Waals surface area contributed by atoms with Crippen LogP contribution in [-0.4, -0.2) is 6.54 Å². The van der Waals surface area contributed by atoms with Gasteiger partial charge in [-0.05, 0) is 41.8 Å². The van der Waals surface area contributed by atoms with Crippen molar-refractivity contribution in [3.05, 3.63) is 48.0 Å². The van der Waals surface area contributed by atoms with Crippen molar-refractivity contribution in [3.8, 4) is 12.3 Å². The molecule has 0 spiro atoms. The third-order valence-corrected chi connectivity index (χ3v) is 3.44. The average molecular weight is 251 g/mol. The molecule has 1 N–H and O–H groups in total. The van der Waals surface area contributed by atoms with Crippen LogP contribution in [0.4, 0.5) is 0 Å². The van der Waals surface area contributed by atoms with Crippen molar-refractivity contribution < 1.29 is 0 Å². The number of unbranched alkanes of at least 4 members (excludes halogenated alkanes) is 1. The number of benzene rings is 2. The van der Waals surface area contributed by atoms with Crippen molar-refractivity contribution in [3.63, 3.8) is 0 Å². The largest absolute Gasteiger partial charge is 0.310 e. The van der Waals surface area contributed by atoms with E-state index in [1.807, 2.05) is 0 Å². The smallest absolute Gasteiger partial charge is 0.0320 e. The predicted molar refractivity (Wildman–Crippen MR) is 83.0 cm³/mol. The van der Waals surface area contributed by atoms with E-state index in [1.54, 1.807) is 0 Å². The van der Waals surface area contributed by atoms with Crippen LogP contribution in [0.3, 0.4) is 0 Å². The average Bonchev–Trinajstić information content (AvgIpc) is 2.46. The molecule has 2 aromatic rings. The Morgan fingerprint density at radius 3 is 2.68 bits per heavy atom. The van der Waals surface area contributed by atoms with Crippen LogP contribution in [-0.2, 0) is 0 Å². The second-order valence-corrected chi connectivity index (χ2v) is 4.81. The van der Waals surface area contributed by atoms with Crippen LogP contribution in [0.25, 0.3) is 10.8 Å². The Hall–Kier alpha value is -1.78. The molecule has 0 aliphatic carbocycles. The predicted octanol–water partition coefficient (Wildman–Crippen LogP) is 4.29. The minimum atomic E-state index is 0.406. The topological polar surface area (TPSA) is 12.0 Å². The fourth-order valence-corrected chi connectivity index (χ4v) is 2.47. The van der Waals surface area contributed by atoms with Gasteiger partial charge >= 0.3 is 0 Å². The van der Waals surface area contributed by atoms with Crippen LogP contribution in [0.2, 0.25) is 0 Å². The quantitative estimate of drug-likeness (QED) is 0.596. The van der Waals surface area contributed by atoms with Gasteiger partial charge < -0.3 is 5.32 Å². The third-order valence-electron chi connectivity index (χ3n) is 3.44. The second kappa shape index (κ2) is 6.97. The Kier molecular flexibility index (Phi) is 5.01. The first-order valence-corrected chi connectivity index (χ1v) is 7.00. The summed E-state index contributed by atoms with van der Waals surface area (Å²) in [4.78, 5) is 0. The van der Waals surface area contributed by atoms with E-state index in [0.717, 1.165) is 25.8 Å². The summed E-state index contributed by atoms with van der Waals surface area (Å²) in [6.07, 6.45) is 8.35. The van der Waals surface area contributed by atoms with E-state index in [-0.39, 0.29) is 0 Å². The Balaban J connectivity index is 2.20. The number of rotatable bonds is 6. The van der Waals surface area contributed by atoms with E-state index in [2.05, 4.69) is 60.6 Å². The first kappa shape index (κ1) is 13.6. The molecule has 1 unspecified atom stereocenters. The first-order chi connectivity index (χ1) is 9.35. The molecule has 1 atom stereocenters. The Morgan fingerprint density at radius 1 is 1.16 bits per heavy atom. The van der Waals surface area contributed by atoms with Crippen LogP contribution in [0.5, 0.6) is 0 Å². The fourth-order valence-electron chi connectivity index (χ4n) is 2.47. The number of nitrogens with one attached hydrogen (secondary N) is 1. The van der Waals surface area contributed by atoms with Crippen LogP contribution in [0.1, 0.15) is 37.8 Å². The van der Waals surface area contributed by atoms with Gasteiger partial charge in [-0.15, -0.1) is 12.3 Å². The van der Waals surface area contributed by atoms with Crippen molar-refractivity contribution in [1.29, 1.82) is 0 Å². The highest BCUT2D eigenvalue weighted by atomic mass is 14.9. The highest BCUT2D eigenvalue weighted by Crippen LogP contribution is 2.23. The molecule has 1 nitrogen and oxygen atoms in total. The van der Waals surface area contributed by atoms with E-state index >= 15 is 0 Å². The molecule has 2 aromatic carbocycles. The minimum Gasteiger partial charge on any atom is -0.310 e. The number of hydrogen-bond donors (Lipinski definition) is 1. The van der Waals surface area contributed by atoms with E-state index in [1.165, 1.54) is 16.3 Å². The summed E-state index contributed by atoms with van der Waals surface area (Å²) < 4.78 is 0. The van der Waals surface area contributed by atoms with Crippen molar-refractivity contribution >= 4 is 10.8 Å². The Bertz CT molecular complexity index is 565. The molecule has 0 fully saturated rings. The van der Waals surface area contributed by atoms with Gasteiger partial charge in [0.25, 0.3) is 0 Å². The lowest BCUT2D eigenvalue weighted by molar-refractivity contribution is 0.502. The highest BCUT2D eigenvalue weighted by molar-refractivity contribution is 5.83. The summed E-state index contributed by atoms with van der Waals surface area (Å²) in [5, 5.41) is 6.16. The van der Waals surface area contributed by atoms with Crippen molar-refractivity contribution in [2.24, 2.45) is 0 Å². The maximum Gasteiger partial charge on any atom is 0.0320 e. The van der Waals surface area contributed by atoms with Crippen LogP contribution in [0.15, 0.2) is 42.5 Å². The fraction of sp³-hybridized carbons (Fsp3) is 0.333. The number of hydrogen-bond acceptors (Lipinski definition) is 1. The van der Waals surface area contributed by atoms with Crippen LogP contribution < -0.4 is 5.32 Å².